The summed E-state index contributed by atoms with van der Waals surface area (Å²) < 4.78 is 14.3. The van der Waals surface area contributed by atoms with Crippen LogP contribution in [0, 0.1) is 11.7 Å². The Bertz CT molecular complexity index is 670. The predicted octanol–water partition coefficient (Wildman–Crippen LogP) is 3.11. The summed E-state index contributed by atoms with van der Waals surface area (Å²) >= 11 is 0. The number of carboxylic acid groups (broad SMARTS) is 1. The molecular weight excluding hydrogens is 295 g/mol. The molecule has 0 radical (unpaired) electrons. The number of aliphatic carboxylic acids is 1. The van der Waals surface area contributed by atoms with Gasteiger partial charge < -0.3 is 5.11 Å². The van der Waals surface area contributed by atoms with E-state index in [4.69, 9.17) is 5.11 Å². The van der Waals surface area contributed by atoms with Crippen LogP contribution in [-0.4, -0.2) is 34.0 Å². The van der Waals surface area contributed by atoms with Gasteiger partial charge in [0.15, 0.2) is 0 Å². The highest BCUT2D eigenvalue weighted by molar-refractivity contribution is 5.70. The number of hydrogen-bond acceptors (Lipinski definition) is 3. The van der Waals surface area contributed by atoms with E-state index in [0.717, 1.165) is 5.69 Å². The number of halogens is 1. The lowest BCUT2D eigenvalue weighted by Crippen LogP contribution is -2.39. The fourth-order valence-corrected chi connectivity index (χ4v) is 3.18. The van der Waals surface area contributed by atoms with E-state index in [9.17, 15) is 9.18 Å². The maximum Gasteiger partial charge on any atom is 0.306 e. The highest BCUT2D eigenvalue weighted by atomic mass is 19.1. The second kappa shape index (κ2) is 6.87. The van der Waals surface area contributed by atoms with Gasteiger partial charge in [-0.3, -0.25) is 14.7 Å². The molecule has 1 aromatic heterocycles. The van der Waals surface area contributed by atoms with E-state index in [0.29, 0.717) is 31.5 Å². The van der Waals surface area contributed by atoms with Crippen LogP contribution in [0.5, 0.6) is 0 Å². The first-order valence-electron chi connectivity index (χ1n) is 7.79. The van der Waals surface area contributed by atoms with Crippen molar-refractivity contribution in [1.29, 1.82) is 0 Å². The fourth-order valence-electron chi connectivity index (χ4n) is 3.18. The molecule has 0 saturated carbocycles. The van der Waals surface area contributed by atoms with Crippen molar-refractivity contribution in [3.63, 3.8) is 0 Å². The molecule has 1 atom stereocenters. The molecule has 1 fully saturated rings. The first-order chi connectivity index (χ1) is 11.2. The van der Waals surface area contributed by atoms with E-state index < -0.39 is 5.97 Å². The lowest BCUT2D eigenvalue weighted by Gasteiger charge is -2.36. The fraction of sp³-hybridized carbons (Fsp3) is 0.333. The summed E-state index contributed by atoms with van der Waals surface area (Å²) in [6.45, 7) is 1.24. The van der Waals surface area contributed by atoms with Gasteiger partial charge in [0, 0.05) is 11.8 Å². The van der Waals surface area contributed by atoms with Crippen LogP contribution in [0.15, 0.2) is 48.7 Å². The van der Waals surface area contributed by atoms with Crippen LogP contribution >= 0.6 is 0 Å². The molecule has 1 saturated heterocycles. The van der Waals surface area contributed by atoms with Gasteiger partial charge in [-0.2, -0.15) is 0 Å². The Kier molecular flexibility index (Phi) is 4.67. The number of nitrogens with zero attached hydrogens (tertiary/aromatic N) is 2. The number of aromatic nitrogens is 1. The van der Waals surface area contributed by atoms with Gasteiger partial charge in [-0.1, -0.05) is 24.3 Å². The number of pyridine rings is 1. The highest BCUT2D eigenvalue weighted by Crippen LogP contribution is 2.32. The van der Waals surface area contributed by atoms with E-state index in [1.54, 1.807) is 18.3 Å². The first kappa shape index (κ1) is 15.6. The molecule has 1 N–H and O–H groups in total. The topological polar surface area (TPSA) is 53.4 Å². The minimum atomic E-state index is -0.745. The summed E-state index contributed by atoms with van der Waals surface area (Å²) in [5, 5.41) is 9.15. The van der Waals surface area contributed by atoms with Crippen LogP contribution < -0.4 is 0 Å². The van der Waals surface area contributed by atoms with Gasteiger partial charge in [0.2, 0.25) is 0 Å². The van der Waals surface area contributed by atoms with Crippen molar-refractivity contribution in [2.24, 2.45) is 5.92 Å². The molecule has 5 heteroatoms. The number of carboxylic acids is 1. The van der Waals surface area contributed by atoms with Crippen molar-refractivity contribution in [1.82, 2.24) is 9.88 Å². The van der Waals surface area contributed by atoms with Crippen LogP contribution in [0.3, 0.4) is 0 Å². The molecule has 23 heavy (non-hydrogen) atoms. The van der Waals surface area contributed by atoms with Gasteiger partial charge in [0.1, 0.15) is 5.82 Å². The second-order valence-corrected chi connectivity index (χ2v) is 5.83. The molecule has 1 aliphatic heterocycles. The lowest BCUT2D eigenvalue weighted by molar-refractivity contribution is -0.143. The average Bonchev–Trinajstić information content (AvgIpc) is 2.58. The number of piperidine rings is 1. The largest absolute Gasteiger partial charge is 0.481 e. The molecule has 1 aliphatic rings. The third-order valence-corrected chi connectivity index (χ3v) is 4.41. The quantitative estimate of drug-likeness (QED) is 0.942. The van der Waals surface area contributed by atoms with Gasteiger partial charge in [-0.15, -0.1) is 0 Å². The molecule has 1 unspecified atom stereocenters. The Morgan fingerprint density at radius 1 is 1.17 bits per heavy atom. The molecule has 2 heterocycles. The molecule has 120 valence electrons. The van der Waals surface area contributed by atoms with Crippen molar-refractivity contribution in [3.8, 4) is 0 Å². The van der Waals surface area contributed by atoms with Gasteiger partial charge in [-0.25, -0.2) is 4.39 Å². The van der Waals surface area contributed by atoms with Gasteiger partial charge in [-0.05, 0) is 44.1 Å². The van der Waals surface area contributed by atoms with Gasteiger partial charge in [0.25, 0.3) is 0 Å². The lowest BCUT2D eigenvalue weighted by atomic mass is 9.93. The Balaban J connectivity index is 1.91. The monoisotopic (exact) mass is 314 g/mol. The number of likely N-dealkylation sites (tertiary alicyclic amines) is 1. The van der Waals surface area contributed by atoms with Crippen LogP contribution in [-0.2, 0) is 4.79 Å². The van der Waals surface area contributed by atoms with Crippen LogP contribution in [0.2, 0.25) is 0 Å². The Labute approximate surface area is 134 Å². The van der Waals surface area contributed by atoms with E-state index in [2.05, 4.69) is 9.88 Å². The minimum absolute atomic E-state index is 0.261. The van der Waals surface area contributed by atoms with E-state index >= 15 is 0 Å². The molecular formula is C18H19FN2O2. The third-order valence-electron chi connectivity index (χ3n) is 4.41. The summed E-state index contributed by atoms with van der Waals surface area (Å²) in [4.78, 5) is 17.7. The third kappa shape index (κ3) is 3.40. The normalized spacial score (nSPS) is 17.8. The maximum absolute atomic E-state index is 14.3. The molecule has 2 aromatic rings. The van der Waals surface area contributed by atoms with Crippen molar-refractivity contribution in [3.05, 3.63) is 65.7 Å². The van der Waals surface area contributed by atoms with Crippen LogP contribution in [0.1, 0.15) is 30.1 Å². The van der Waals surface area contributed by atoms with E-state index in [1.807, 2.05) is 24.3 Å². The smallest absolute Gasteiger partial charge is 0.306 e. The van der Waals surface area contributed by atoms with Crippen LogP contribution in [0.25, 0.3) is 0 Å². The predicted molar refractivity (Wildman–Crippen MR) is 84.4 cm³/mol. The SMILES string of the molecule is O=C(O)C1CCN(C(c2ccccn2)c2ccccc2F)CC1. The van der Waals surface area contributed by atoms with Crippen molar-refractivity contribution in [2.45, 2.75) is 18.9 Å². The average molecular weight is 314 g/mol. The summed E-state index contributed by atoms with van der Waals surface area (Å²) in [6.07, 6.45) is 2.85. The van der Waals surface area contributed by atoms with Crippen LogP contribution in [0.4, 0.5) is 4.39 Å². The molecule has 0 spiro atoms. The Hall–Kier alpha value is -2.27. The zero-order valence-corrected chi connectivity index (χ0v) is 12.7. The van der Waals surface area contributed by atoms with E-state index in [-0.39, 0.29) is 17.8 Å². The highest BCUT2D eigenvalue weighted by Gasteiger charge is 2.31. The summed E-state index contributed by atoms with van der Waals surface area (Å²) in [5.41, 5.74) is 1.37. The second-order valence-electron chi connectivity index (χ2n) is 5.83. The molecule has 0 aliphatic carbocycles. The number of hydrogen-bond donors (Lipinski definition) is 1. The first-order valence-corrected chi connectivity index (χ1v) is 7.79. The van der Waals surface area contributed by atoms with Crippen molar-refractivity contribution in [2.75, 3.05) is 13.1 Å². The van der Waals surface area contributed by atoms with E-state index in [1.165, 1.54) is 6.07 Å². The Morgan fingerprint density at radius 2 is 1.87 bits per heavy atom. The number of benzene rings is 1. The molecule has 0 amide bonds. The standard InChI is InChI=1S/C18H19FN2O2/c19-15-6-2-1-5-14(15)17(16-7-3-4-10-20-16)21-11-8-13(9-12-21)18(22)23/h1-7,10,13,17H,8-9,11-12H2,(H,22,23). The molecule has 4 nitrogen and oxygen atoms in total. The number of carbonyl (C=O) groups is 1. The zero-order valence-electron chi connectivity index (χ0n) is 12.7. The summed E-state index contributed by atoms with van der Waals surface area (Å²) in [6, 6.07) is 12.0. The summed E-state index contributed by atoms with van der Waals surface area (Å²) in [5.74, 6) is -1.32. The van der Waals surface area contributed by atoms with Crippen molar-refractivity contribution >= 4 is 5.97 Å². The number of rotatable bonds is 4. The Morgan fingerprint density at radius 3 is 2.48 bits per heavy atom. The maximum atomic E-state index is 14.3. The molecule has 3 rings (SSSR count). The molecule has 0 bridgehead atoms. The molecule has 1 aromatic carbocycles. The zero-order chi connectivity index (χ0) is 16.2. The summed E-state index contributed by atoms with van der Waals surface area (Å²) in [7, 11) is 0. The van der Waals surface area contributed by atoms with Gasteiger partial charge in [0.05, 0.1) is 17.7 Å². The van der Waals surface area contributed by atoms with Crippen molar-refractivity contribution < 1.29 is 14.3 Å². The van der Waals surface area contributed by atoms with Gasteiger partial charge >= 0.3 is 5.97 Å². The minimum Gasteiger partial charge on any atom is -0.481 e.